The second kappa shape index (κ2) is 14.0. The summed E-state index contributed by atoms with van der Waals surface area (Å²) in [6, 6.07) is 18.1. The van der Waals surface area contributed by atoms with Crippen LogP contribution in [0.4, 0.5) is 5.69 Å². The molecule has 9 nitrogen and oxygen atoms in total. The number of rotatable bonds is 13. The number of carbonyl (C=O) groups is 2. The maximum atomic E-state index is 14.2. The van der Waals surface area contributed by atoms with Crippen molar-refractivity contribution in [1.29, 1.82) is 0 Å². The normalized spacial score (nSPS) is 11.9. The Morgan fingerprint density at radius 3 is 2.12 bits per heavy atom. The van der Waals surface area contributed by atoms with Crippen molar-refractivity contribution >= 4 is 27.5 Å². The number of anilines is 1. The molecule has 3 aromatic rings. The summed E-state index contributed by atoms with van der Waals surface area (Å²) < 4.78 is 40.0. The third kappa shape index (κ3) is 7.79. The molecule has 0 aliphatic rings. The van der Waals surface area contributed by atoms with Crippen LogP contribution in [0.5, 0.6) is 11.5 Å². The molecule has 0 heterocycles. The molecule has 0 radical (unpaired) electrons. The molecule has 2 amide bonds. The average molecular weight is 582 g/mol. The zero-order valence-corrected chi connectivity index (χ0v) is 25.3. The molecule has 10 heteroatoms. The Hall–Kier alpha value is -4.05. The summed E-state index contributed by atoms with van der Waals surface area (Å²) in [6.07, 6.45) is 0.745. The molecule has 220 valence electrons. The summed E-state index contributed by atoms with van der Waals surface area (Å²) in [4.78, 5) is 28.3. The van der Waals surface area contributed by atoms with Crippen molar-refractivity contribution in [3.63, 3.8) is 0 Å². The van der Waals surface area contributed by atoms with Crippen molar-refractivity contribution < 1.29 is 27.5 Å². The molecule has 0 aliphatic carbocycles. The molecule has 0 unspecified atom stereocenters. The maximum Gasteiger partial charge on any atom is 0.264 e. The zero-order valence-electron chi connectivity index (χ0n) is 24.5. The van der Waals surface area contributed by atoms with E-state index in [-0.39, 0.29) is 23.1 Å². The summed E-state index contributed by atoms with van der Waals surface area (Å²) in [5, 5.41) is 2.84. The van der Waals surface area contributed by atoms with E-state index in [0.29, 0.717) is 18.0 Å². The van der Waals surface area contributed by atoms with E-state index in [1.165, 1.54) is 37.3 Å². The zero-order chi connectivity index (χ0) is 30.2. The van der Waals surface area contributed by atoms with Crippen LogP contribution < -0.4 is 19.1 Å². The van der Waals surface area contributed by atoms with Gasteiger partial charge < -0.3 is 19.7 Å². The lowest BCUT2D eigenvalue weighted by Gasteiger charge is -2.32. The molecule has 0 fully saturated rings. The quantitative estimate of drug-likeness (QED) is 0.320. The summed E-state index contributed by atoms with van der Waals surface area (Å²) in [6.45, 7) is 7.41. The summed E-state index contributed by atoms with van der Waals surface area (Å²) in [5.74, 6) is -0.207. The SMILES string of the molecule is CCCNC(=O)[C@@H](C)N(Cc1ccccc1)C(=O)CN(c1cc(C)cc(C)c1)S(=O)(=O)c1ccc(OC)c(OC)c1. The number of sulfonamides is 1. The van der Waals surface area contributed by atoms with Gasteiger partial charge in [-0.15, -0.1) is 0 Å². The van der Waals surface area contributed by atoms with E-state index in [1.807, 2.05) is 57.2 Å². The molecule has 3 rings (SSSR count). The number of amides is 2. The van der Waals surface area contributed by atoms with E-state index in [9.17, 15) is 18.0 Å². The third-order valence-corrected chi connectivity index (χ3v) is 8.40. The van der Waals surface area contributed by atoms with Crippen LogP contribution in [0, 0.1) is 13.8 Å². The number of aryl methyl sites for hydroxylation is 2. The van der Waals surface area contributed by atoms with Gasteiger partial charge in [0.05, 0.1) is 24.8 Å². The number of benzene rings is 3. The lowest BCUT2D eigenvalue weighted by atomic mass is 10.1. The predicted octanol–water partition coefficient (Wildman–Crippen LogP) is 4.46. The van der Waals surface area contributed by atoms with Gasteiger partial charge in [-0.25, -0.2) is 8.42 Å². The fraction of sp³-hybridized carbons (Fsp3) is 0.355. The molecule has 0 aromatic heterocycles. The highest BCUT2D eigenvalue weighted by atomic mass is 32.2. The van der Waals surface area contributed by atoms with Gasteiger partial charge in [-0.3, -0.25) is 13.9 Å². The largest absolute Gasteiger partial charge is 0.493 e. The second-order valence-electron chi connectivity index (χ2n) is 9.85. The minimum atomic E-state index is -4.26. The summed E-state index contributed by atoms with van der Waals surface area (Å²) in [7, 11) is -1.37. The standard InChI is InChI=1S/C31H39N3O6S/c1-7-15-32-31(36)24(4)33(20-25-11-9-8-10-12-25)30(35)21-34(26-17-22(2)16-23(3)18-26)41(37,38)27-13-14-28(39-5)29(19-27)40-6/h8-14,16-19,24H,7,15,20-21H2,1-6H3,(H,32,36)/t24-/m1/s1. The smallest absolute Gasteiger partial charge is 0.264 e. The number of ether oxygens (including phenoxy) is 2. The highest BCUT2D eigenvalue weighted by molar-refractivity contribution is 7.92. The highest BCUT2D eigenvalue weighted by Crippen LogP contribution is 2.33. The molecule has 1 N–H and O–H groups in total. The van der Waals surface area contributed by atoms with E-state index in [2.05, 4.69) is 5.32 Å². The van der Waals surface area contributed by atoms with Gasteiger partial charge >= 0.3 is 0 Å². The van der Waals surface area contributed by atoms with Gasteiger partial charge in [0.25, 0.3) is 10.0 Å². The first-order chi connectivity index (χ1) is 19.5. The number of hydrogen-bond donors (Lipinski definition) is 1. The molecule has 0 saturated carbocycles. The van der Waals surface area contributed by atoms with Crippen molar-refractivity contribution in [3.8, 4) is 11.5 Å². The summed E-state index contributed by atoms with van der Waals surface area (Å²) in [5.41, 5.74) is 2.84. The molecule has 1 atom stereocenters. The van der Waals surface area contributed by atoms with Crippen LogP contribution in [-0.4, -0.2) is 58.5 Å². The topological polar surface area (TPSA) is 105 Å². The second-order valence-corrected chi connectivity index (χ2v) is 11.7. The number of methoxy groups -OCH3 is 2. The van der Waals surface area contributed by atoms with Gasteiger partial charge in [0.1, 0.15) is 12.6 Å². The Kier molecular flexibility index (Phi) is 10.8. The first-order valence-corrected chi connectivity index (χ1v) is 14.9. The molecule has 0 bridgehead atoms. The van der Waals surface area contributed by atoms with Gasteiger partial charge in [-0.1, -0.05) is 43.3 Å². The van der Waals surface area contributed by atoms with Crippen LogP contribution in [0.15, 0.2) is 71.6 Å². The van der Waals surface area contributed by atoms with Gasteiger partial charge in [-0.2, -0.15) is 0 Å². The Morgan fingerprint density at radius 2 is 1.54 bits per heavy atom. The molecule has 0 aliphatic heterocycles. The third-order valence-electron chi connectivity index (χ3n) is 6.63. The first kappa shape index (κ1) is 31.5. The van der Waals surface area contributed by atoms with Crippen LogP contribution in [-0.2, 0) is 26.2 Å². The Labute approximate surface area is 243 Å². The monoisotopic (exact) mass is 581 g/mol. The van der Waals surface area contributed by atoms with Crippen LogP contribution >= 0.6 is 0 Å². The molecule has 0 spiro atoms. The fourth-order valence-corrected chi connectivity index (χ4v) is 5.90. The Bertz CT molecular complexity index is 1440. The molecule has 41 heavy (non-hydrogen) atoms. The van der Waals surface area contributed by atoms with Crippen LogP contribution in [0.25, 0.3) is 0 Å². The van der Waals surface area contributed by atoms with Gasteiger partial charge in [-0.05, 0) is 68.1 Å². The van der Waals surface area contributed by atoms with E-state index in [1.54, 1.807) is 19.1 Å². The minimum Gasteiger partial charge on any atom is -0.493 e. The van der Waals surface area contributed by atoms with Crippen LogP contribution in [0.1, 0.15) is 37.0 Å². The number of hydrogen-bond acceptors (Lipinski definition) is 6. The maximum absolute atomic E-state index is 14.2. The minimum absolute atomic E-state index is 0.0644. The fourth-order valence-electron chi connectivity index (χ4n) is 4.49. The van der Waals surface area contributed by atoms with Gasteiger partial charge in [0, 0.05) is 19.2 Å². The van der Waals surface area contributed by atoms with Gasteiger partial charge in [0.15, 0.2) is 11.5 Å². The van der Waals surface area contributed by atoms with E-state index in [4.69, 9.17) is 9.47 Å². The molecular formula is C31H39N3O6S. The summed E-state index contributed by atoms with van der Waals surface area (Å²) >= 11 is 0. The number of carbonyl (C=O) groups excluding carboxylic acids is 2. The number of nitrogens with one attached hydrogen (secondary N) is 1. The van der Waals surface area contributed by atoms with Gasteiger partial charge in [0.2, 0.25) is 11.8 Å². The van der Waals surface area contributed by atoms with Crippen molar-refractivity contribution in [1.82, 2.24) is 10.2 Å². The Balaban J connectivity index is 2.09. The van der Waals surface area contributed by atoms with E-state index >= 15 is 0 Å². The Morgan fingerprint density at radius 1 is 0.902 bits per heavy atom. The molecule has 3 aromatic carbocycles. The van der Waals surface area contributed by atoms with Crippen molar-refractivity contribution in [3.05, 3.63) is 83.4 Å². The van der Waals surface area contributed by atoms with E-state index < -0.39 is 28.5 Å². The first-order valence-electron chi connectivity index (χ1n) is 13.5. The highest BCUT2D eigenvalue weighted by Gasteiger charge is 2.33. The van der Waals surface area contributed by atoms with Crippen LogP contribution in [0.3, 0.4) is 0 Å². The van der Waals surface area contributed by atoms with Crippen molar-refractivity contribution in [2.24, 2.45) is 0 Å². The van der Waals surface area contributed by atoms with Crippen LogP contribution in [0.2, 0.25) is 0 Å². The molecule has 0 saturated heterocycles. The lowest BCUT2D eigenvalue weighted by molar-refractivity contribution is -0.139. The van der Waals surface area contributed by atoms with Crippen molar-refractivity contribution in [2.45, 2.75) is 51.6 Å². The average Bonchev–Trinajstić information content (AvgIpc) is 2.96. The number of nitrogens with zero attached hydrogens (tertiary/aromatic N) is 2. The van der Waals surface area contributed by atoms with Crippen molar-refractivity contribution in [2.75, 3.05) is 31.6 Å². The molecular weight excluding hydrogens is 542 g/mol. The predicted molar refractivity (Wildman–Crippen MR) is 160 cm³/mol. The van der Waals surface area contributed by atoms with E-state index in [0.717, 1.165) is 27.4 Å². The lowest BCUT2D eigenvalue weighted by Crippen LogP contribution is -2.51.